The van der Waals surface area contributed by atoms with Crippen molar-refractivity contribution < 1.29 is 22.1 Å². The zero-order chi connectivity index (χ0) is 17.2. The zero-order valence-corrected chi connectivity index (χ0v) is 13.3. The molecule has 1 aromatic carbocycles. The Hall–Kier alpha value is -1.81. The minimum atomic E-state index is -3.74. The highest BCUT2D eigenvalue weighted by Gasteiger charge is 2.25. The summed E-state index contributed by atoms with van der Waals surface area (Å²) in [7, 11) is -3.74. The van der Waals surface area contributed by atoms with Gasteiger partial charge in [-0.1, -0.05) is 0 Å². The molecule has 7 nitrogen and oxygen atoms in total. The van der Waals surface area contributed by atoms with Crippen molar-refractivity contribution in [2.75, 3.05) is 43.9 Å². The summed E-state index contributed by atoms with van der Waals surface area (Å²) in [4.78, 5) is 13.3. The van der Waals surface area contributed by atoms with Crippen LogP contribution < -0.4 is 4.90 Å². The molecule has 1 fully saturated rings. The van der Waals surface area contributed by atoms with E-state index < -0.39 is 26.9 Å². The third-order valence-corrected chi connectivity index (χ3v) is 4.80. The molecule has 1 aliphatic rings. The molecule has 0 radical (unpaired) electrons. The number of sulfone groups is 1. The second-order valence-corrected chi connectivity index (χ2v) is 7.34. The molecule has 128 valence electrons. The number of alkyl halides is 2. The van der Waals surface area contributed by atoms with Gasteiger partial charge in [-0.2, -0.15) is 0 Å². The van der Waals surface area contributed by atoms with E-state index in [0.29, 0.717) is 31.9 Å². The van der Waals surface area contributed by atoms with Gasteiger partial charge >= 0.3 is 0 Å². The maximum absolute atomic E-state index is 12.4. The fourth-order valence-corrected chi connectivity index (χ4v) is 3.39. The van der Waals surface area contributed by atoms with E-state index in [0.717, 1.165) is 12.3 Å². The van der Waals surface area contributed by atoms with Gasteiger partial charge in [-0.25, -0.2) is 17.2 Å². The van der Waals surface area contributed by atoms with Gasteiger partial charge in [-0.05, 0) is 12.1 Å². The number of nitro benzene ring substituents is 1. The van der Waals surface area contributed by atoms with Gasteiger partial charge in [0, 0.05) is 44.2 Å². The van der Waals surface area contributed by atoms with Crippen LogP contribution >= 0.6 is 0 Å². The van der Waals surface area contributed by atoms with Gasteiger partial charge in [0.15, 0.2) is 9.84 Å². The Kier molecular flexibility index (Phi) is 5.15. The first-order valence-electron chi connectivity index (χ1n) is 6.92. The van der Waals surface area contributed by atoms with E-state index >= 15 is 0 Å². The normalized spacial score (nSPS) is 16.8. The lowest BCUT2D eigenvalue weighted by Crippen LogP contribution is -2.47. The summed E-state index contributed by atoms with van der Waals surface area (Å²) < 4.78 is 48.2. The Morgan fingerprint density at radius 1 is 1.26 bits per heavy atom. The van der Waals surface area contributed by atoms with E-state index in [-0.39, 0.29) is 11.4 Å². The molecular formula is C13H17F2N3O4S. The van der Waals surface area contributed by atoms with Crippen molar-refractivity contribution >= 4 is 21.2 Å². The van der Waals surface area contributed by atoms with Crippen LogP contribution in [0.25, 0.3) is 0 Å². The highest BCUT2D eigenvalue weighted by Crippen LogP contribution is 2.29. The molecule has 10 heteroatoms. The van der Waals surface area contributed by atoms with Crippen molar-refractivity contribution in [2.45, 2.75) is 11.3 Å². The quantitative estimate of drug-likeness (QED) is 0.590. The van der Waals surface area contributed by atoms with Gasteiger partial charge in [-0.15, -0.1) is 0 Å². The second-order valence-electron chi connectivity index (χ2n) is 5.36. The van der Waals surface area contributed by atoms with Gasteiger partial charge in [-0.3, -0.25) is 15.0 Å². The molecule has 1 aliphatic heterocycles. The van der Waals surface area contributed by atoms with E-state index in [1.54, 1.807) is 4.90 Å². The number of anilines is 1. The first kappa shape index (κ1) is 17.5. The van der Waals surface area contributed by atoms with Gasteiger partial charge in [0.1, 0.15) is 4.90 Å². The lowest BCUT2D eigenvalue weighted by molar-refractivity contribution is -0.387. The van der Waals surface area contributed by atoms with E-state index in [1.807, 2.05) is 4.90 Å². The largest absolute Gasteiger partial charge is 0.369 e. The molecular weight excluding hydrogens is 332 g/mol. The van der Waals surface area contributed by atoms with Gasteiger partial charge < -0.3 is 4.90 Å². The third kappa shape index (κ3) is 4.35. The van der Waals surface area contributed by atoms with Gasteiger partial charge in [0.25, 0.3) is 12.1 Å². The van der Waals surface area contributed by atoms with Crippen molar-refractivity contribution in [1.82, 2.24) is 4.90 Å². The van der Waals surface area contributed by atoms with Crippen LogP contribution in [-0.4, -0.2) is 63.6 Å². The molecule has 0 atom stereocenters. The van der Waals surface area contributed by atoms with Crippen molar-refractivity contribution in [2.24, 2.45) is 0 Å². The van der Waals surface area contributed by atoms with Gasteiger partial charge in [0.2, 0.25) is 0 Å². The maximum atomic E-state index is 12.4. The number of halogens is 2. The molecule has 0 N–H and O–H groups in total. The molecule has 1 aromatic rings. The van der Waals surface area contributed by atoms with Crippen LogP contribution in [0.4, 0.5) is 20.2 Å². The number of piperazine rings is 1. The number of nitro groups is 1. The number of hydrogen-bond donors (Lipinski definition) is 0. The molecule has 0 amide bonds. The van der Waals surface area contributed by atoms with Crippen LogP contribution in [0.3, 0.4) is 0 Å². The molecule has 0 aliphatic carbocycles. The standard InChI is InChI=1S/C13H17F2N3O4S/c1-23(21,22)12-8-10(2-3-11(12)18(19)20)17-6-4-16(5-7-17)9-13(14)15/h2-3,8,13H,4-7,9H2,1H3. The fraction of sp³-hybridized carbons (Fsp3) is 0.538. The topological polar surface area (TPSA) is 83.8 Å². The molecule has 0 unspecified atom stereocenters. The van der Waals surface area contributed by atoms with Crippen LogP contribution in [0.1, 0.15) is 0 Å². The molecule has 0 bridgehead atoms. The Morgan fingerprint density at radius 2 is 1.87 bits per heavy atom. The average Bonchev–Trinajstić information content (AvgIpc) is 2.46. The molecule has 23 heavy (non-hydrogen) atoms. The molecule has 0 aromatic heterocycles. The number of rotatable bonds is 5. The Balaban J connectivity index is 2.21. The lowest BCUT2D eigenvalue weighted by Gasteiger charge is -2.36. The number of benzene rings is 1. The fourth-order valence-electron chi connectivity index (χ4n) is 2.53. The Bertz CT molecular complexity index is 688. The Morgan fingerprint density at radius 3 is 2.35 bits per heavy atom. The van der Waals surface area contributed by atoms with Crippen molar-refractivity contribution in [3.05, 3.63) is 28.3 Å². The predicted octanol–water partition coefficient (Wildman–Crippen LogP) is 1.39. The van der Waals surface area contributed by atoms with Crippen molar-refractivity contribution in [3.63, 3.8) is 0 Å². The van der Waals surface area contributed by atoms with Crippen LogP contribution in [0.5, 0.6) is 0 Å². The summed E-state index contributed by atoms with van der Waals surface area (Å²) in [5.41, 5.74) is 0.0697. The predicted molar refractivity (Wildman–Crippen MR) is 80.9 cm³/mol. The molecule has 1 heterocycles. The van der Waals surface area contributed by atoms with Crippen molar-refractivity contribution in [1.29, 1.82) is 0 Å². The van der Waals surface area contributed by atoms with Crippen LogP contribution in [0.2, 0.25) is 0 Å². The average molecular weight is 349 g/mol. The first-order chi connectivity index (χ1) is 10.7. The van der Waals surface area contributed by atoms with E-state index in [1.165, 1.54) is 12.1 Å². The maximum Gasteiger partial charge on any atom is 0.288 e. The molecule has 0 spiro atoms. The smallest absolute Gasteiger partial charge is 0.288 e. The summed E-state index contributed by atoms with van der Waals surface area (Å²) in [6.45, 7) is 1.47. The second kappa shape index (κ2) is 6.75. The summed E-state index contributed by atoms with van der Waals surface area (Å²) >= 11 is 0. The summed E-state index contributed by atoms with van der Waals surface area (Å²) in [6.07, 6.45) is -1.47. The summed E-state index contributed by atoms with van der Waals surface area (Å²) in [6, 6.07) is 3.92. The SMILES string of the molecule is CS(=O)(=O)c1cc(N2CCN(CC(F)F)CC2)ccc1[N+](=O)[O-]. The number of nitrogens with zero attached hydrogens (tertiary/aromatic N) is 3. The highest BCUT2D eigenvalue weighted by molar-refractivity contribution is 7.90. The molecule has 2 rings (SSSR count). The van der Waals surface area contributed by atoms with Crippen molar-refractivity contribution in [3.8, 4) is 0 Å². The lowest BCUT2D eigenvalue weighted by atomic mass is 10.2. The summed E-state index contributed by atoms with van der Waals surface area (Å²) in [5, 5.41) is 11.0. The first-order valence-corrected chi connectivity index (χ1v) is 8.81. The van der Waals surface area contributed by atoms with Gasteiger partial charge in [0.05, 0.1) is 11.5 Å². The van der Waals surface area contributed by atoms with E-state index in [9.17, 15) is 27.3 Å². The van der Waals surface area contributed by atoms with E-state index in [2.05, 4.69) is 0 Å². The highest BCUT2D eigenvalue weighted by atomic mass is 32.2. The molecule has 1 saturated heterocycles. The zero-order valence-electron chi connectivity index (χ0n) is 12.5. The van der Waals surface area contributed by atoms with Crippen LogP contribution in [0, 0.1) is 10.1 Å². The van der Waals surface area contributed by atoms with E-state index in [4.69, 9.17) is 0 Å². The minimum absolute atomic E-state index is 0.289. The third-order valence-electron chi connectivity index (χ3n) is 3.67. The molecule has 0 saturated carbocycles. The van der Waals surface area contributed by atoms with Crippen LogP contribution in [-0.2, 0) is 9.84 Å². The summed E-state index contributed by atoms with van der Waals surface area (Å²) in [5.74, 6) is 0. The number of hydrogen-bond acceptors (Lipinski definition) is 6. The minimum Gasteiger partial charge on any atom is -0.369 e. The monoisotopic (exact) mass is 349 g/mol. The van der Waals surface area contributed by atoms with Crippen LogP contribution in [0.15, 0.2) is 23.1 Å². The Labute approximate surface area is 132 Å².